The molecular weight excluding hydrogens is 404 g/mol. The number of carbonyl (C=O) groups excluding carboxylic acids is 3. The molecule has 0 bridgehead atoms. The third-order valence-electron chi connectivity index (χ3n) is 5.10. The Kier molecular flexibility index (Phi) is 15.3. The molecular formula is C20H40N6O5. The molecule has 11 nitrogen and oxygen atoms in total. The van der Waals surface area contributed by atoms with Gasteiger partial charge in [0.2, 0.25) is 17.7 Å². The molecule has 3 amide bonds. The summed E-state index contributed by atoms with van der Waals surface area (Å²) in [4.78, 5) is 48.4. The van der Waals surface area contributed by atoms with E-state index in [0.29, 0.717) is 45.2 Å². The molecule has 0 radical (unpaired) electrons. The number of amides is 3. The van der Waals surface area contributed by atoms with Crippen LogP contribution < -0.4 is 33.2 Å². The standard InChI is InChI=1S/C20H40N6O5/c1-3-13(2)17(19(29)25-15(20(30)31)9-5-7-11-22)26-16(27)12-24-18(28)14(23)8-4-6-10-21/h13-15,17H,3-12,21-23H2,1-2H3,(H,24,28)(H,25,29)(H,26,27)(H,30,31)/t13-,14-,15-,17-/m0/s1. The van der Waals surface area contributed by atoms with Crippen molar-refractivity contribution in [2.24, 2.45) is 23.1 Å². The van der Waals surface area contributed by atoms with E-state index in [-0.39, 0.29) is 18.9 Å². The van der Waals surface area contributed by atoms with Crippen LogP contribution in [0.5, 0.6) is 0 Å². The fraction of sp³-hybridized carbons (Fsp3) is 0.800. The Morgan fingerprint density at radius 1 is 0.903 bits per heavy atom. The van der Waals surface area contributed by atoms with Crippen LogP contribution in [0.2, 0.25) is 0 Å². The predicted octanol–water partition coefficient (Wildman–Crippen LogP) is -1.21. The number of carboxylic acids is 1. The van der Waals surface area contributed by atoms with Gasteiger partial charge < -0.3 is 38.3 Å². The quantitative estimate of drug-likeness (QED) is 0.135. The van der Waals surface area contributed by atoms with E-state index in [0.717, 1.165) is 6.42 Å². The third-order valence-corrected chi connectivity index (χ3v) is 5.10. The molecule has 0 aliphatic heterocycles. The van der Waals surface area contributed by atoms with Gasteiger partial charge in [-0.3, -0.25) is 14.4 Å². The van der Waals surface area contributed by atoms with Gasteiger partial charge in [0.15, 0.2) is 0 Å². The summed E-state index contributed by atoms with van der Waals surface area (Å²) in [5, 5.41) is 16.9. The summed E-state index contributed by atoms with van der Waals surface area (Å²) in [7, 11) is 0. The lowest BCUT2D eigenvalue weighted by atomic mass is 9.97. The number of aliphatic carboxylic acids is 1. The monoisotopic (exact) mass is 444 g/mol. The van der Waals surface area contributed by atoms with Gasteiger partial charge in [-0.05, 0) is 51.1 Å². The van der Waals surface area contributed by atoms with E-state index in [1.807, 2.05) is 6.92 Å². The fourth-order valence-electron chi connectivity index (χ4n) is 2.88. The highest BCUT2D eigenvalue weighted by molar-refractivity contribution is 5.92. The smallest absolute Gasteiger partial charge is 0.326 e. The van der Waals surface area contributed by atoms with E-state index < -0.39 is 41.8 Å². The first-order chi connectivity index (χ1) is 14.7. The van der Waals surface area contributed by atoms with Gasteiger partial charge in [0.25, 0.3) is 0 Å². The molecule has 0 rings (SSSR count). The van der Waals surface area contributed by atoms with Crippen molar-refractivity contribution in [3.63, 3.8) is 0 Å². The molecule has 0 fully saturated rings. The summed E-state index contributed by atoms with van der Waals surface area (Å²) in [6.45, 7) is 4.26. The molecule has 0 aromatic heterocycles. The lowest BCUT2D eigenvalue weighted by Crippen LogP contribution is -2.55. The molecule has 31 heavy (non-hydrogen) atoms. The summed E-state index contributed by atoms with van der Waals surface area (Å²) in [5.74, 6) is -2.97. The summed E-state index contributed by atoms with van der Waals surface area (Å²) in [5.41, 5.74) is 16.6. The molecule has 0 unspecified atom stereocenters. The van der Waals surface area contributed by atoms with Crippen LogP contribution >= 0.6 is 0 Å². The predicted molar refractivity (Wildman–Crippen MR) is 118 cm³/mol. The van der Waals surface area contributed by atoms with E-state index >= 15 is 0 Å². The molecule has 4 atom stereocenters. The minimum atomic E-state index is -1.14. The highest BCUT2D eigenvalue weighted by Gasteiger charge is 2.29. The highest BCUT2D eigenvalue weighted by Crippen LogP contribution is 2.10. The number of hydrogen-bond acceptors (Lipinski definition) is 7. The van der Waals surface area contributed by atoms with E-state index in [4.69, 9.17) is 17.2 Å². The first kappa shape index (κ1) is 28.8. The van der Waals surface area contributed by atoms with Gasteiger partial charge in [0.1, 0.15) is 12.1 Å². The average Bonchev–Trinajstić information content (AvgIpc) is 2.74. The van der Waals surface area contributed by atoms with Crippen molar-refractivity contribution in [2.45, 2.75) is 76.9 Å². The molecule has 0 aromatic carbocycles. The van der Waals surface area contributed by atoms with Crippen molar-refractivity contribution in [1.29, 1.82) is 0 Å². The maximum atomic E-state index is 12.7. The molecule has 0 aliphatic rings. The zero-order valence-electron chi connectivity index (χ0n) is 18.7. The van der Waals surface area contributed by atoms with Crippen LogP contribution in [0.15, 0.2) is 0 Å². The zero-order valence-corrected chi connectivity index (χ0v) is 18.7. The van der Waals surface area contributed by atoms with Gasteiger partial charge in [0.05, 0.1) is 12.6 Å². The zero-order chi connectivity index (χ0) is 23.8. The van der Waals surface area contributed by atoms with Gasteiger partial charge in [-0.2, -0.15) is 0 Å². The number of rotatable bonds is 17. The Hall–Kier alpha value is -2.24. The van der Waals surface area contributed by atoms with Crippen LogP contribution in [-0.4, -0.2) is 66.6 Å². The van der Waals surface area contributed by atoms with Crippen molar-refractivity contribution < 1.29 is 24.3 Å². The SMILES string of the molecule is CC[C@H](C)[C@H](NC(=O)CNC(=O)[C@@H](N)CCCCN)C(=O)N[C@@H](CCCCN)C(=O)O. The molecule has 11 heteroatoms. The second-order valence-corrected chi connectivity index (χ2v) is 7.72. The molecule has 0 aliphatic carbocycles. The summed E-state index contributed by atoms with van der Waals surface area (Å²) < 4.78 is 0. The third kappa shape index (κ3) is 12.3. The second kappa shape index (κ2) is 16.5. The summed E-state index contributed by atoms with van der Waals surface area (Å²) in [6.07, 6.45) is 3.98. The first-order valence-corrected chi connectivity index (χ1v) is 10.9. The van der Waals surface area contributed by atoms with Crippen molar-refractivity contribution in [3.8, 4) is 0 Å². The average molecular weight is 445 g/mol. The summed E-state index contributed by atoms with van der Waals surface area (Å²) >= 11 is 0. The summed E-state index contributed by atoms with van der Waals surface area (Å²) in [6, 6.07) is -2.73. The second-order valence-electron chi connectivity index (χ2n) is 7.72. The van der Waals surface area contributed by atoms with E-state index in [9.17, 15) is 24.3 Å². The Labute approximate surface area is 184 Å². The van der Waals surface area contributed by atoms with E-state index in [2.05, 4.69) is 16.0 Å². The largest absolute Gasteiger partial charge is 0.480 e. The molecule has 0 heterocycles. The van der Waals surface area contributed by atoms with Crippen LogP contribution in [0.1, 0.15) is 58.8 Å². The lowest BCUT2D eigenvalue weighted by molar-refractivity contribution is -0.142. The van der Waals surface area contributed by atoms with E-state index in [1.165, 1.54) is 0 Å². The van der Waals surface area contributed by atoms with E-state index in [1.54, 1.807) is 6.92 Å². The van der Waals surface area contributed by atoms with Crippen LogP contribution in [0, 0.1) is 5.92 Å². The van der Waals surface area contributed by atoms with Gasteiger partial charge in [-0.25, -0.2) is 4.79 Å². The van der Waals surface area contributed by atoms with Crippen LogP contribution in [0.3, 0.4) is 0 Å². The van der Waals surface area contributed by atoms with Crippen molar-refractivity contribution in [2.75, 3.05) is 19.6 Å². The molecule has 0 saturated heterocycles. The number of carbonyl (C=O) groups is 4. The Morgan fingerprint density at radius 3 is 2.00 bits per heavy atom. The van der Waals surface area contributed by atoms with Crippen LogP contribution in [0.25, 0.3) is 0 Å². The number of hydrogen-bond donors (Lipinski definition) is 7. The van der Waals surface area contributed by atoms with Crippen molar-refractivity contribution in [1.82, 2.24) is 16.0 Å². The molecule has 180 valence electrons. The Bertz CT molecular complexity index is 574. The minimum Gasteiger partial charge on any atom is -0.480 e. The van der Waals surface area contributed by atoms with Gasteiger partial charge in [-0.15, -0.1) is 0 Å². The highest BCUT2D eigenvalue weighted by atomic mass is 16.4. The van der Waals surface area contributed by atoms with Gasteiger partial charge in [-0.1, -0.05) is 26.7 Å². The normalized spacial score (nSPS) is 14.7. The Morgan fingerprint density at radius 2 is 1.48 bits per heavy atom. The molecule has 10 N–H and O–H groups in total. The number of nitrogens with two attached hydrogens (primary N) is 3. The maximum Gasteiger partial charge on any atom is 0.326 e. The first-order valence-electron chi connectivity index (χ1n) is 10.9. The van der Waals surface area contributed by atoms with Crippen LogP contribution in [0.4, 0.5) is 0 Å². The minimum absolute atomic E-state index is 0.239. The molecule has 0 spiro atoms. The van der Waals surface area contributed by atoms with Crippen LogP contribution in [-0.2, 0) is 19.2 Å². The fourth-order valence-corrected chi connectivity index (χ4v) is 2.88. The molecule has 0 saturated carbocycles. The number of carboxylic acid groups (broad SMARTS) is 1. The molecule has 0 aromatic rings. The lowest BCUT2D eigenvalue weighted by Gasteiger charge is -2.25. The van der Waals surface area contributed by atoms with Gasteiger partial charge >= 0.3 is 5.97 Å². The maximum absolute atomic E-state index is 12.7. The Balaban J connectivity index is 4.82. The number of unbranched alkanes of at least 4 members (excludes halogenated alkanes) is 2. The number of nitrogens with one attached hydrogen (secondary N) is 3. The van der Waals surface area contributed by atoms with Crippen molar-refractivity contribution in [3.05, 3.63) is 0 Å². The van der Waals surface area contributed by atoms with Crippen molar-refractivity contribution >= 4 is 23.7 Å². The topological polar surface area (TPSA) is 203 Å². The van der Waals surface area contributed by atoms with Gasteiger partial charge in [0, 0.05) is 0 Å².